The van der Waals surface area contributed by atoms with Gasteiger partial charge in [0.25, 0.3) is 0 Å². The highest BCUT2D eigenvalue weighted by molar-refractivity contribution is 5.96. The molecule has 0 bridgehead atoms. The summed E-state index contributed by atoms with van der Waals surface area (Å²) in [5.74, 6) is -4.18. The number of hydrogen-bond donors (Lipinski definition) is 0. The monoisotopic (exact) mass is 534 g/mol. The fourth-order valence-corrected chi connectivity index (χ4v) is 7.39. The molecular weight excluding hydrogens is 496 g/mol. The summed E-state index contributed by atoms with van der Waals surface area (Å²) in [5, 5.41) is 0. The van der Waals surface area contributed by atoms with Crippen molar-refractivity contribution in [2.24, 2.45) is 29.1 Å². The first kappa shape index (κ1) is 28.3. The minimum atomic E-state index is -1.30. The van der Waals surface area contributed by atoms with Gasteiger partial charge in [-0.1, -0.05) is 27.7 Å². The van der Waals surface area contributed by atoms with E-state index < -0.39 is 70.8 Å². The molecule has 4 aliphatic rings. The number of Topliss-reactive ketones (excluding diaryl/α,β-unsaturated/α-hetero) is 1. The van der Waals surface area contributed by atoms with Crippen molar-refractivity contribution >= 4 is 29.7 Å². The molecule has 2 saturated carbocycles. The minimum absolute atomic E-state index is 0.218. The van der Waals surface area contributed by atoms with Crippen LogP contribution in [0.3, 0.4) is 0 Å². The third-order valence-electron chi connectivity index (χ3n) is 8.87. The Morgan fingerprint density at radius 3 is 1.87 bits per heavy atom. The highest BCUT2D eigenvalue weighted by Crippen LogP contribution is 2.68. The number of esters is 4. The number of ether oxygens (including phenoxy) is 5. The molecule has 0 spiro atoms. The summed E-state index contributed by atoms with van der Waals surface area (Å²) in [6.07, 6.45) is -1.52. The third kappa shape index (κ3) is 4.25. The molecule has 0 aromatic rings. The second kappa shape index (κ2) is 9.17. The van der Waals surface area contributed by atoms with Crippen molar-refractivity contribution in [3.63, 3.8) is 0 Å². The van der Waals surface area contributed by atoms with Gasteiger partial charge in [0, 0.05) is 39.5 Å². The van der Waals surface area contributed by atoms with E-state index in [1.165, 1.54) is 27.7 Å². The Morgan fingerprint density at radius 2 is 1.34 bits per heavy atom. The number of hydrogen-bond acceptors (Lipinski definition) is 10. The Morgan fingerprint density at radius 1 is 0.842 bits per heavy atom. The molecule has 3 fully saturated rings. The molecule has 1 aliphatic heterocycles. The van der Waals surface area contributed by atoms with E-state index >= 15 is 0 Å². The Bertz CT molecular complexity index is 1110. The molecule has 210 valence electrons. The number of epoxide rings is 1. The predicted octanol–water partition coefficient (Wildman–Crippen LogP) is 2.70. The predicted molar refractivity (Wildman–Crippen MR) is 131 cm³/mol. The first-order chi connectivity index (χ1) is 17.5. The Kier molecular flexibility index (Phi) is 6.82. The van der Waals surface area contributed by atoms with Gasteiger partial charge in [-0.2, -0.15) is 0 Å². The van der Waals surface area contributed by atoms with Gasteiger partial charge in [0.05, 0.1) is 5.92 Å². The van der Waals surface area contributed by atoms with E-state index in [1.807, 2.05) is 20.8 Å². The normalized spacial score (nSPS) is 44.0. The molecule has 0 aromatic heterocycles. The van der Waals surface area contributed by atoms with E-state index in [2.05, 4.69) is 0 Å². The van der Waals surface area contributed by atoms with Crippen LogP contribution in [0.25, 0.3) is 0 Å². The molecular formula is C28H38O10. The van der Waals surface area contributed by atoms with E-state index in [0.29, 0.717) is 12.0 Å². The number of rotatable bonds is 4. The van der Waals surface area contributed by atoms with E-state index in [-0.39, 0.29) is 23.5 Å². The summed E-state index contributed by atoms with van der Waals surface area (Å²) in [6, 6.07) is 0. The smallest absolute Gasteiger partial charge is 0.303 e. The molecule has 10 heteroatoms. The van der Waals surface area contributed by atoms with E-state index in [9.17, 15) is 24.0 Å². The average Bonchev–Trinajstić information content (AvgIpc) is 3.56. The molecule has 0 amide bonds. The van der Waals surface area contributed by atoms with Crippen LogP contribution in [0.5, 0.6) is 0 Å². The SMILES string of the molecule is CC(=O)OC1[C@H](OC(C)=O)/C(C)=C/[C@@]23O[C@@]2(C[C@@H](C)[C@@H]3OC(C)=O)C(=O)[C@H](C)[C@H](OC(C)=O)[C@@H]2[C@H]1C2(C)C. The molecule has 3 aliphatic carbocycles. The number of ketones is 1. The molecule has 0 N–H and O–H groups in total. The van der Waals surface area contributed by atoms with Crippen LogP contribution in [0, 0.1) is 29.1 Å². The van der Waals surface area contributed by atoms with Crippen LogP contribution >= 0.6 is 0 Å². The topological polar surface area (TPSA) is 135 Å². The van der Waals surface area contributed by atoms with Gasteiger partial charge in [-0.3, -0.25) is 24.0 Å². The van der Waals surface area contributed by atoms with Crippen molar-refractivity contribution in [1.29, 1.82) is 0 Å². The third-order valence-corrected chi connectivity index (χ3v) is 8.87. The lowest BCUT2D eigenvalue weighted by Crippen LogP contribution is -2.43. The molecule has 0 radical (unpaired) electrons. The van der Waals surface area contributed by atoms with Crippen molar-refractivity contribution in [1.82, 2.24) is 0 Å². The lowest BCUT2D eigenvalue weighted by Gasteiger charge is -2.30. The zero-order valence-corrected chi connectivity index (χ0v) is 23.5. The van der Waals surface area contributed by atoms with Gasteiger partial charge in [-0.15, -0.1) is 0 Å². The van der Waals surface area contributed by atoms with Gasteiger partial charge in [0.2, 0.25) is 0 Å². The van der Waals surface area contributed by atoms with Crippen LogP contribution < -0.4 is 0 Å². The fraction of sp³-hybridized carbons (Fsp3) is 0.750. The van der Waals surface area contributed by atoms with Gasteiger partial charge in [-0.05, 0) is 36.3 Å². The van der Waals surface area contributed by atoms with Gasteiger partial charge in [0.1, 0.15) is 18.3 Å². The minimum Gasteiger partial charge on any atom is -0.461 e. The van der Waals surface area contributed by atoms with Crippen LogP contribution in [0.2, 0.25) is 0 Å². The van der Waals surface area contributed by atoms with Crippen LogP contribution in [0.1, 0.15) is 68.7 Å². The highest BCUT2D eigenvalue weighted by atomic mass is 16.7. The summed E-state index contributed by atoms with van der Waals surface area (Å²) in [5.41, 5.74) is -2.61. The molecule has 1 heterocycles. The summed E-state index contributed by atoms with van der Waals surface area (Å²) in [4.78, 5) is 63.1. The Labute approximate surface area is 222 Å². The largest absolute Gasteiger partial charge is 0.461 e. The summed E-state index contributed by atoms with van der Waals surface area (Å²) in [6.45, 7) is 14.3. The van der Waals surface area contributed by atoms with E-state index in [1.54, 1.807) is 19.9 Å². The van der Waals surface area contributed by atoms with Crippen LogP contribution in [-0.4, -0.2) is 65.3 Å². The molecule has 38 heavy (non-hydrogen) atoms. The number of fused-ring (bicyclic) bond motifs is 1. The highest BCUT2D eigenvalue weighted by Gasteiger charge is 2.84. The summed E-state index contributed by atoms with van der Waals surface area (Å²) >= 11 is 0. The van der Waals surface area contributed by atoms with Crippen molar-refractivity contribution in [3.05, 3.63) is 11.6 Å². The Balaban J connectivity index is 1.94. The standard InChI is InChI=1S/C28H38O10/c1-12-10-28-25(37-18(7)32)13(2)11-27(28,38-28)24(33)14(3)22(35-16(5)30)19-20(26(19,8)9)23(36-17(6)31)21(12)34-15(4)29/h10,13-14,19-23,25H,11H2,1-9H3/b12-10+/t13-,14-,19+,20-,21-,22+,23?,25+,27+,28+/m1/s1. The quantitative estimate of drug-likeness (QED) is 0.229. The molecule has 1 unspecified atom stereocenters. The summed E-state index contributed by atoms with van der Waals surface area (Å²) in [7, 11) is 0. The first-order valence-electron chi connectivity index (χ1n) is 13.1. The first-order valence-corrected chi connectivity index (χ1v) is 13.1. The Hall–Kier alpha value is -2.75. The lowest BCUT2D eigenvalue weighted by atomic mass is 9.80. The average molecular weight is 535 g/mol. The van der Waals surface area contributed by atoms with Crippen molar-refractivity contribution < 1.29 is 47.7 Å². The second-order valence-corrected chi connectivity index (χ2v) is 12.0. The zero-order chi connectivity index (χ0) is 28.5. The fourth-order valence-electron chi connectivity index (χ4n) is 7.39. The molecule has 4 rings (SSSR count). The maximum Gasteiger partial charge on any atom is 0.303 e. The zero-order valence-electron chi connectivity index (χ0n) is 23.5. The second-order valence-electron chi connectivity index (χ2n) is 12.0. The van der Waals surface area contributed by atoms with Crippen LogP contribution in [-0.2, 0) is 47.7 Å². The molecule has 1 saturated heterocycles. The molecule has 10 atom stereocenters. The van der Waals surface area contributed by atoms with Crippen LogP contribution in [0.4, 0.5) is 0 Å². The number of carbonyl (C=O) groups is 5. The van der Waals surface area contributed by atoms with Crippen molar-refractivity contribution in [2.45, 2.75) is 104 Å². The maximum atomic E-state index is 14.2. The lowest BCUT2D eigenvalue weighted by molar-refractivity contribution is -0.166. The maximum absolute atomic E-state index is 14.2. The van der Waals surface area contributed by atoms with Gasteiger partial charge < -0.3 is 23.7 Å². The number of carbonyl (C=O) groups excluding carboxylic acids is 5. The van der Waals surface area contributed by atoms with Crippen LogP contribution in [0.15, 0.2) is 11.6 Å². The molecule has 10 nitrogen and oxygen atoms in total. The van der Waals surface area contributed by atoms with E-state index in [0.717, 1.165) is 0 Å². The molecule has 0 aromatic carbocycles. The van der Waals surface area contributed by atoms with Crippen molar-refractivity contribution in [2.75, 3.05) is 0 Å². The van der Waals surface area contributed by atoms with E-state index in [4.69, 9.17) is 23.7 Å². The summed E-state index contributed by atoms with van der Waals surface area (Å²) < 4.78 is 29.3. The van der Waals surface area contributed by atoms with Gasteiger partial charge in [-0.25, -0.2) is 0 Å². The van der Waals surface area contributed by atoms with Gasteiger partial charge >= 0.3 is 23.9 Å². The van der Waals surface area contributed by atoms with Crippen molar-refractivity contribution in [3.8, 4) is 0 Å². The van der Waals surface area contributed by atoms with Gasteiger partial charge in [0.15, 0.2) is 23.1 Å².